The number of hydrogen-bond acceptors (Lipinski definition) is 5. The minimum absolute atomic E-state index is 0.403. The molecule has 0 aliphatic heterocycles. The fraction of sp³-hybridized carbons (Fsp3) is 0.250. The van der Waals surface area contributed by atoms with Gasteiger partial charge in [0.2, 0.25) is 0 Å². The summed E-state index contributed by atoms with van der Waals surface area (Å²) in [7, 11) is 0. The van der Waals surface area contributed by atoms with E-state index in [0.29, 0.717) is 11.6 Å². The van der Waals surface area contributed by atoms with E-state index in [1.165, 1.54) is 0 Å². The summed E-state index contributed by atoms with van der Waals surface area (Å²) in [5.74, 6) is 1.10. The van der Waals surface area contributed by atoms with Gasteiger partial charge in [-0.1, -0.05) is 5.16 Å². The highest BCUT2D eigenvalue weighted by Crippen LogP contribution is 2.30. The first-order valence-electron chi connectivity index (χ1n) is 3.83. The standard InChI is InChI=1S/C8H9N3OS/c1-4-8(13-5(2)10-4)6-3-7(9)11-12-6/h3H,1-2H3,(H2,9,11). The lowest BCUT2D eigenvalue weighted by molar-refractivity contribution is 0.436. The van der Waals surface area contributed by atoms with Gasteiger partial charge in [0.05, 0.1) is 15.6 Å². The number of rotatable bonds is 1. The molecule has 0 radical (unpaired) electrons. The third-order valence-electron chi connectivity index (χ3n) is 1.66. The van der Waals surface area contributed by atoms with Crippen LogP contribution in [0, 0.1) is 13.8 Å². The molecule has 0 spiro atoms. The van der Waals surface area contributed by atoms with Crippen molar-refractivity contribution in [1.29, 1.82) is 0 Å². The van der Waals surface area contributed by atoms with Crippen LogP contribution in [0.15, 0.2) is 10.6 Å². The van der Waals surface area contributed by atoms with Gasteiger partial charge in [0.25, 0.3) is 0 Å². The summed E-state index contributed by atoms with van der Waals surface area (Å²) in [6.45, 7) is 3.90. The van der Waals surface area contributed by atoms with Crippen LogP contribution in [0.4, 0.5) is 5.82 Å². The van der Waals surface area contributed by atoms with Gasteiger partial charge in [0, 0.05) is 6.07 Å². The van der Waals surface area contributed by atoms with Crippen molar-refractivity contribution in [2.45, 2.75) is 13.8 Å². The first-order valence-corrected chi connectivity index (χ1v) is 4.65. The van der Waals surface area contributed by atoms with Crippen molar-refractivity contribution in [3.63, 3.8) is 0 Å². The minimum atomic E-state index is 0.403. The molecule has 2 N–H and O–H groups in total. The van der Waals surface area contributed by atoms with Crippen LogP contribution >= 0.6 is 11.3 Å². The highest BCUT2D eigenvalue weighted by Gasteiger charge is 2.11. The van der Waals surface area contributed by atoms with Crippen molar-refractivity contribution in [2.75, 3.05) is 5.73 Å². The molecule has 4 nitrogen and oxygen atoms in total. The van der Waals surface area contributed by atoms with Gasteiger partial charge in [-0.05, 0) is 13.8 Å². The minimum Gasteiger partial charge on any atom is -0.381 e. The molecule has 0 fully saturated rings. The quantitative estimate of drug-likeness (QED) is 0.755. The molecule has 2 heterocycles. The van der Waals surface area contributed by atoms with Gasteiger partial charge < -0.3 is 10.3 Å². The molecule has 0 bridgehead atoms. The number of anilines is 1. The summed E-state index contributed by atoms with van der Waals surface area (Å²) in [6.07, 6.45) is 0. The van der Waals surface area contributed by atoms with Crippen LogP contribution in [0.3, 0.4) is 0 Å². The molecular weight excluding hydrogens is 186 g/mol. The Hall–Kier alpha value is -1.36. The molecule has 2 aromatic rings. The predicted octanol–water partition coefficient (Wildman–Crippen LogP) is 2.00. The Labute approximate surface area is 79.4 Å². The number of hydrogen-bond donors (Lipinski definition) is 1. The van der Waals surface area contributed by atoms with Crippen molar-refractivity contribution in [3.8, 4) is 10.6 Å². The van der Waals surface area contributed by atoms with Crippen molar-refractivity contribution in [1.82, 2.24) is 10.1 Å². The first-order chi connectivity index (χ1) is 6.16. The van der Waals surface area contributed by atoms with Gasteiger partial charge >= 0.3 is 0 Å². The third kappa shape index (κ3) is 1.42. The van der Waals surface area contributed by atoms with Crippen LogP contribution in [0.1, 0.15) is 10.7 Å². The SMILES string of the molecule is Cc1nc(C)c(-c2cc(N)no2)s1. The maximum Gasteiger partial charge on any atom is 0.180 e. The highest BCUT2D eigenvalue weighted by atomic mass is 32.1. The lowest BCUT2D eigenvalue weighted by Gasteiger charge is -1.87. The molecule has 0 aliphatic rings. The van der Waals surface area contributed by atoms with E-state index < -0.39 is 0 Å². The summed E-state index contributed by atoms with van der Waals surface area (Å²) in [6, 6.07) is 1.71. The summed E-state index contributed by atoms with van der Waals surface area (Å²) in [4.78, 5) is 5.29. The number of nitrogens with zero attached hydrogens (tertiary/aromatic N) is 2. The average Bonchev–Trinajstić information content (AvgIpc) is 2.58. The summed E-state index contributed by atoms with van der Waals surface area (Å²) in [5.41, 5.74) is 6.41. The van der Waals surface area contributed by atoms with Gasteiger partial charge in [-0.25, -0.2) is 4.98 Å². The van der Waals surface area contributed by atoms with Crippen LogP contribution in [0.5, 0.6) is 0 Å². The fourth-order valence-corrected chi connectivity index (χ4v) is 2.02. The maximum absolute atomic E-state index is 5.45. The average molecular weight is 195 g/mol. The Kier molecular flexibility index (Phi) is 1.81. The Morgan fingerprint density at radius 3 is 2.69 bits per heavy atom. The monoisotopic (exact) mass is 195 g/mol. The molecule has 68 valence electrons. The predicted molar refractivity (Wildman–Crippen MR) is 51.5 cm³/mol. The molecule has 0 saturated carbocycles. The zero-order valence-corrected chi connectivity index (χ0v) is 8.18. The van der Waals surface area contributed by atoms with Gasteiger partial charge in [0.1, 0.15) is 0 Å². The molecular formula is C8H9N3OS. The lowest BCUT2D eigenvalue weighted by Crippen LogP contribution is -1.79. The van der Waals surface area contributed by atoms with E-state index in [9.17, 15) is 0 Å². The lowest BCUT2D eigenvalue weighted by atomic mass is 10.3. The van der Waals surface area contributed by atoms with Crippen molar-refractivity contribution in [2.24, 2.45) is 0 Å². The van der Waals surface area contributed by atoms with Gasteiger partial charge in [-0.15, -0.1) is 11.3 Å². The molecule has 0 atom stereocenters. The molecule has 2 rings (SSSR count). The Morgan fingerprint density at radius 1 is 1.46 bits per heavy atom. The zero-order valence-electron chi connectivity index (χ0n) is 7.37. The maximum atomic E-state index is 5.45. The second-order valence-corrected chi connectivity index (χ2v) is 3.97. The summed E-state index contributed by atoms with van der Waals surface area (Å²) < 4.78 is 5.04. The van der Waals surface area contributed by atoms with Crippen LogP contribution in [0.2, 0.25) is 0 Å². The Bertz CT molecular complexity index is 432. The molecule has 0 unspecified atom stereocenters. The van der Waals surface area contributed by atoms with E-state index in [1.54, 1.807) is 17.4 Å². The molecule has 13 heavy (non-hydrogen) atoms. The van der Waals surface area contributed by atoms with Crippen LogP contribution in [-0.2, 0) is 0 Å². The molecule has 0 saturated heterocycles. The van der Waals surface area contributed by atoms with Gasteiger partial charge in [-0.3, -0.25) is 0 Å². The number of aryl methyl sites for hydroxylation is 2. The van der Waals surface area contributed by atoms with E-state index in [2.05, 4.69) is 10.1 Å². The molecule has 2 aromatic heterocycles. The number of thiazole rings is 1. The van der Waals surface area contributed by atoms with Crippen molar-refractivity contribution in [3.05, 3.63) is 16.8 Å². The second kappa shape index (κ2) is 2.85. The number of aromatic nitrogens is 2. The van der Waals surface area contributed by atoms with E-state index in [1.807, 2.05) is 13.8 Å². The molecule has 0 aromatic carbocycles. The van der Waals surface area contributed by atoms with E-state index in [4.69, 9.17) is 10.3 Å². The first kappa shape index (κ1) is 8.25. The van der Waals surface area contributed by atoms with E-state index in [0.717, 1.165) is 15.6 Å². The van der Waals surface area contributed by atoms with Crippen LogP contribution in [0.25, 0.3) is 10.6 Å². The van der Waals surface area contributed by atoms with Crippen molar-refractivity contribution >= 4 is 17.2 Å². The van der Waals surface area contributed by atoms with E-state index >= 15 is 0 Å². The van der Waals surface area contributed by atoms with Crippen LogP contribution < -0.4 is 5.73 Å². The van der Waals surface area contributed by atoms with E-state index in [-0.39, 0.29) is 0 Å². The largest absolute Gasteiger partial charge is 0.381 e. The Balaban J connectivity index is 2.51. The third-order valence-corrected chi connectivity index (χ3v) is 2.74. The summed E-state index contributed by atoms with van der Waals surface area (Å²) in [5, 5.41) is 4.64. The normalized spacial score (nSPS) is 10.6. The fourth-order valence-electron chi connectivity index (χ4n) is 1.16. The number of nitrogens with two attached hydrogens (primary N) is 1. The van der Waals surface area contributed by atoms with Gasteiger partial charge in [0.15, 0.2) is 11.6 Å². The second-order valence-electron chi connectivity index (χ2n) is 2.76. The smallest absolute Gasteiger partial charge is 0.180 e. The van der Waals surface area contributed by atoms with Crippen LogP contribution in [-0.4, -0.2) is 10.1 Å². The zero-order chi connectivity index (χ0) is 9.42. The molecule has 0 aliphatic carbocycles. The molecule has 0 amide bonds. The summed E-state index contributed by atoms with van der Waals surface area (Å²) >= 11 is 1.58. The number of nitrogen functional groups attached to an aromatic ring is 1. The highest BCUT2D eigenvalue weighted by molar-refractivity contribution is 7.15. The van der Waals surface area contributed by atoms with Gasteiger partial charge in [-0.2, -0.15) is 0 Å². The molecule has 5 heteroatoms. The van der Waals surface area contributed by atoms with Crippen molar-refractivity contribution < 1.29 is 4.52 Å². The Morgan fingerprint density at radius 2 is 2.23 bits per heavy atom. The topological polar surface area (TPSA) is 64.9 Å².